The maximum atomic E-state index is 13.8. The van der Waals surface area contributed by atoms with E-state index in [2.05, 4.69) is 50.0 Å². The van der Waals surface area contributed by atoms with Crippen LogP contribution in [0, 0.1) is 0 Å². The predicted molar refractivity (Wildman–Crippen MR) is 161 cm³/mol. The van der Waals surface area contributed by atoms with Crippen LogP contribution in [0.15, 0.2) is 129 Å². The number of rotatable bonds is 8. The Morgan fingerprint density at radius 3 is 1.90 bits per heavy atom. The Balaban J connectivity index is 1.58. The van der Waals surface area contributed by atoms with Gasteiger partial charge in [0.1, 0.15) is 6.10 Å². The Morgan fingerprint density at radius 2 is 1.39 bits per heavy atom. The van der Waals surface area contributed by atoms with Gasteiger partial charge in [0, 0.05) is 12.3 Å². The Hall–Kier alpha value is -3.83. The first-order valence-corrected chi connectivity index (χ1v) is 16.7. The van der Waals surface area contributed by atoms with Crippen molar-refractivity contribution in [2.45, 2.75) is 43.0 Å². The molecule has 0 amide bonds. The summed E-state index contributed by atoms with van der Waals surface area (Å²) in [4.78, 5) is 26.7. The SMILES string of the molecule is CC(C)(C)[Si](OC[C@@H]1C=C(S(=O)(=O)c2ccccc2)[C@H](n2ccc(=O)[nH]c2=O)O1)(c1ccccc1)c1ccccc1. The maximum Gasteiger partial charge on any atom is 0.330 e. The lowest BCUT2D eigenvalue weighted by molar-refractivity contribution is -0.00879. The van der Waals surface area contributed by atoms with E-state index in [-0.39, 0.29) is 21.4 Å². The second kappa shape index (κ2) is 11.2. The van der Waals surface area contributed by atoms with E-state index >= 15 is 0 Å². The molecule has 1 aliphatic rings. The summed E-state index contributed by atoms with van der Waals surface area (Å²) >= 11 is 0. The fourth-order valence-corrected chi connectivity index (χ4v) is 11.5. The molecular formula is C31H32N2O6SSi. The molecule has 1 aromatic heterocycles. The first-order chi connectivity index (χ1) is 19.5. The fourth-order valence-electron chi connectivity index (χ4n) is 5.37. The van der Waals surface area contributed by atoms with Gasteiger partial charge in [-0.15, -0.1) is 0 Å². The van der Waals surface area contributed by atoms with Crippen LogP contribution in [-0.4, -0.2) is 39.0 Å². The molecule has 0 aliphatic carbocycles. The van der Waals surface area contributed by atoms with Crippen LogP contribution in [-0.2, 0) is 19.0 Å². The fraction of sp³-hybridized carbons (Fsp3) is 0.226. The summed E-state index contributed by atoms with van der Waals surface area (Å²) in [5.41, 5.74) is -1.36. The van der Waals surface area contributed by atoms with E-state index in [1.165, 1.54) is 24.4 Å². The third kappa shape index (κ3) is 5.43. The van der Waals surface area contributed by atoms with Gasteiger partial charge in [-0.2, -0.15) is 0 Å². The molecule has 0 saturated carbocycles. The summed E-state index contributed by atoms with van der Waals surface area (Å²) in [6, 6.07) is 29.3. The highest BCUT2D eigenvalue weighted by atomic mass is 32.2. The third-order valence-electron chi connectivity index (χ3n) is 7.25. The van der Waals surface area contributed by atoms with Gasteiger partial charge >= 0.3 is 5.69 Å². The highest BCUT2D eigenvalue weighted by Crippen LogP contribution is 2.39. The largest absolute Gasteiger partial charge is 0.404 e. The van der Waals surface area contributed by atoms with Crippen molar-refractivity contribution in [3.63, 3.8) is 0 Å². The molecule has 1 N–H and O–H groups in total. The third-order valence-corrected chi connectivity index (χ3v) is 14.1. The second-order valence-electron chi connectivity index (χ2n) is 10.9. The van der Waals surface area contributed by atoms with Crippen molar-refractivity contribution in [3.8, 4) is 0 Å². The van der Waals surface area contributed by atoms with Crippen LogP contribution >= 0.6 is 0 Å². The molecule has 0 unspecified atom stereocenters. The Morgan fingerprint density at radius 1 is 0.854 bits per heavy atom. The lowest BCUT2D eigenvalue weighted by atomic mass is 10.2. The van der Waals surface area contributed by atoms with E-state index in [1.54, 1.807) is 18.2 Å². The van der Waals surface area contributed by atoms with Crippen LogP contribution in [0.2, 0.25) is 5.04 Å². The number of benzene rings is 3. The number of hydrogen-bond donors (Lipinski definition) is 1. The molecule has 1 aliphatic heterocycles. The van der Waals surface area contributed by atoms with Crippen LogP contribution in [0.4, 0.5) is 0 Å². The standard InChI is InChI=1S/C31H32N2O6SSi/c1-31(2,3)41(25-15-9-5-10-16-25,26-17-11-6-12-18-26)38-22-23-21-27(40(36,37)24-13-7-4-8-14-24)29(39-23)33-20-19-28(34)32-30(33)35/h4-21,23,29H,22H2,1-3H3,(H,32,34,35)/t23-,29+/m0/s1. The van der Waals surface area contributed by atoms with Crippen molar-refractivity contribution >= 4 is 28.5 Å². The first-order valence-electron chi connectivity index (χ1n) is 13.3. The van der Waals surface area contributed by atoms with Crippen molar-refractivity contribution in [2.24, 2.45) is 0 Å². The van der Waals surface area contributed by atoms with Gasteiger partial charge in [-0.05, 0) is 33.6 Å². The van der Waals surface area contributed by atoms with E-state index in [0.29, 0.717) is 0 Å². The topological polar surface area (TPSA) is 107 Å². The minimum Gasteiger partial charge on any atom is -0.404 e. The monoisotopic (exact) mass is 588 g/mol. The summed E-state index contributed by atoms with van der Waals surface area (Å²) in [5, 5.41) is 1.85. The van der Waals surface area contributed by atoms with Crippen LogP contribution in [0.5, 0.6) is 0 Å². The second-order valence-corrected chi connectivity index (χ2v) is 17.2. The van der Waals surface area contributed by atoms with Gasteiger partial charge in [-0.25, -0.2) is 13.2 Å². The number of sulfone groups is 1. The smallest absolute Gasteiger partial charge is 0.330 e. The summed E-state index contributed by atoms with van der Waals surface area (Å²) in [6.45, 7) is 6.51. The van der Waals surface area contributed by atoms with Crippen LogP contribution < -0.4 is 21.6 Å². The van der Waals surface area contributed by atoms with Gasteiger partial charge < -0.3 is 9.16 Å². The van der Waals surface area contributed by atoms with Crippen molar-refractivity contribution < 1.29 is 17.6 Å². The van der Waals surface area contributed by atoms with Crippen molar-refractivity contribution in [1.82, 2.24) is 9.55 Å². The van der Waals surface area contributed by atoms with Gasteiger partial charge in [0.05, 0.1) is 16.4 Å². The Labute approximate surface area is 240 Å². The minimum atomic E-state index is -4.04. The maximum absolute atomic E-state index is 13.8. The molecule has 2 heterocycles. The van der Waals surface area contributed by atoms with E-state index < -0.39 is 41.7 Å². The minimum absolute atomic E-state index is 0.0513. The highest BCUT2D eigenvalue weighted by Gasteiger charge is 2.51. The lowest BCUT2D eigenvalue weighted by Crippen LogP contribution is -2.67. The van der Waals surface area contributed by atoms with E-state index in [9.17, 15) is 18.0 Å². The van der Waals surface area contributed by atoms with E-state index in [4.69, 9.17) is 9.16 Å². The quantitative estimate of drug-likeness (QED) is 0.317. The molecule has 41 heavy (non-hydrogen) atoms. The predicted octanol–water partition coefficient (Wildman–Crippen LogP) is 3.37. The van der Waals surface area contributed by atoms with Crippen molar-refractivity contribution in [1.29, 1.82) is 0 Å². The molecule has 0 fully saturated rings. The average Bonchev–Trinajstić information content (AvgIpc) is 3.39. The molecule has 0 bridgehead atoms. The van der Waals surface area contributed by atoms with E-state index in [0.717, 1.165) is 21.0 Å². The number of aromatic nitrogens is 2. The molecule has 5 rings (SSSR count). The number of aromatic amines is 1. The zero-order chi connectivity index (χ0) is 29.3. The summed E-state index contributed by atoms with van der Waals surface area (Å²) in [7, 11) is -6.99. The summed E-state index contributed by atoms with van der Waals surface area (Å²) < 4.78 is 41.8. The molecular weight excluding hydrogens is 557 g/mol. The van der Waals surface area contributed by atoms with Crippen LogP contribution in [0.3, 0.4) is 0 Å². The van der Waals surface area contributed by atoms with E-state index in [1.807, 2.05) is 36.4 Å². The highest BCUT2D eigenvalue weighted by molar-refractivity contribution is 7.95. The number of ether oxygens (including phenoxy) is 1. The molecule has 0 saturated heterocycles. The molecule has 0 radical (unpaired) electrons. The van der Waals surface area contributed by atoms with Gasteiger partial charge in [0.25, 0.3) is 13.9 Å². The Bertz CT molecular complexity index is 1720. The number of H-pyrrole nitrogens is 1. The molecule has 3 aromatic carbocycles. The van der Waals surface area contributed by atoms with Crippen molar-refractivity contribution in [2.75, 3.05) is 6.61 Å². The number of hydrogen-bond acceptors (Lipinski definition) is 6. The molecule has 0 spiro atoms. The molecule has 212 valence electrons. The van der Waals surface area contributed by atoms with Crippen LogP contribution in [0.25, 0.3) is 0 Å². The van der Waals surface area contributed by atoms with Crippen molar-refractivity contribution in [3.05, 3.63) is 135 Å². The normalized spacial score (nSPS) is 17.8. The summed E-state index contributed by atoms with van der Waals surface area (Å²) in [6.07, 6.45) is 0.694. The molecule has 4 aromatic rings. The lowest BCUT2D eigenvalue weighted by Gasteiger charge is -2.43. The van der Waals surface area contributed by atoms with Gasteiger partial charge in [-0.3, -0.25) is 14.3 Å². The van der Waals surface area contributed by atoms with Gasteiger partial charge in [0.2, 0.25) is 9.84 Å². The molecule has 8 nitrogen and oxygen atoms in total. The Kier molecular flexibility index (Phi) is 7.84. The van der Waals surface area contributed by atoms with Gasteiger partial charge in [-0.1, -0.05) is 99.6 Å². The zero-order valence-corrected chi connectivity index (χ0v) is 24.9. The first kappa shape index (κ1) is 28.7. The zero-order valence-electron chi connectivity index (χ0n) is 23.1. The summed E-state index contributed by atoms with van der Waals surface area (Å²) in [5.74, 6) is 0. The number of nitrogens with one attached hydrogen (secondary N) is 1. The molecule has 10 heteroatoms. The van der Waals surface area contributed by atoms with Gasteiger partial charge in [0.15, 0.2) is 6.23 Å². The number of nitrogens with zero attached hydrogens (tertiary/aromatic N) is 1. The van der Waals surface area contributed by atoms with Crippen LogP contribution in [0.1, 0.15) is 27.0 Å². The average molecular weight is 589 g/mol. The molecule has 2 atom stereocenters.